The third-order valence-electron chi connectivity index (χ3n) is 8.82. The van der Waals surface area contributed by atoms with Crippen molar-refractivity contribution in [1.82, 2.24) is 10.2 Å². The minimum atomic E-state index is -4.44. The normalized spacial score (nSPS) is 14.0. The number of amides is 2. The van der Waals surface area contributed by atoms with Crippen LogP contribution >= 0.6 is 0 Å². The van der Waals surface area contributed by atoms with Gasteiger partial charge in [0, 0.05) is 24.7 Å². The van der Waals surface area contributed by atoms with Gasteiger partial charge < -0.3 is 29.2 Å². The van der Waals surface area contributed by atoms with Crippen LogP contribution in [0.4, 0.5) is 5.69 Å². The van der Waals surface area contributed by atoms with E-state index in [9.17, 15) is 18.0 Å². The van der Waals surface area contributed by atoms with Gasteiger partial charge in [0.05, 0.1) is 39.0 Å². The Morgan fingerprint density at radius 3 is 2.15 bits per heavy atom. The molecule has 0 bridgehead atoms. The van der Waals surface area contributed by atoms with Crippen molar-refractivity contribution < 1.29 is 37.0 Å². The van der Waals surface area contributed by atoms with E-state index in [-0.39, 0.29) is 40.6 Å². The van der Waals surface area contributed by atoms with E-state index >= 15 is 0 Å². The van der Waals surface area contributed by atoms with E-state index in [1.54, 1.807) is 12.1 Å². The second-order valence-corrected chi connectivity index (χ2v) is 13.6. The second kappa shape index (κ2) is 16.6. The largest absolute Gasteiger partial charge is 0.497 e. The number of hydrogen-bond acceptors (Lipinski definition) is 8. The van der Waals surface area contributed by atoms with Crippen molar-refractivity contribution in [2.24, 2.45) is 0 Å². The van der Waals surface area contributed by atoms with Crippen molar-refractivity contribution in [3.8, 4) is 23.0 Å². The number of methoxy groups -OCH3 is 4. The molecule has 48 heavy (non-hydrogen) atoms. The van der Waals surface area contributed by atoms with Crippen molar-refractivity contribution >= 4 is 27.5 Å². The van der Waals surface area contributed by atoms with Gasteiger partial charge in [-0.05, 0) is 61.6 Å². The Kier molecular flexibility index (Phi) is 12.6. The van der Waals surface area contributed by atoms with Crippen molar-refractivity contribution in [3.63, 3.8) is 0 Å². The molecule has 0 aromatic heterocycles. The molecule has 1 fully saturated rings. The van der Waals surface area contributed by atoms with Crippen LogP contribution in [-0.2, 0) is 26.2 Å². The number of sulfonamides is 1. The fourth-order valence-electron chi connectivity index (χ4n) is 6.04. The van der Waals surface area contributed by atoms with Crippen molar-refractivity contribution in [1.29, 1.82) is 0 Å². The Bertz CT molecular complexity index is 1670. The summed E-state index contributed by atoms with van der Waals surface area (Å²) in [6, 6.07) is 15.8. The molecule has 0 saturated heterocycles. The van der Waals surface area contributed by atoms with Gasteiger partial charge in [-0.25, -0.2) is 8.42 Å². The molecule has 11 nitrogen and oxygen atoms in total. The molecule has 0 aliphatic heterocycles. The molecule has 1 N–H and O–H groups in total. The van der Waals surface area contributed by atoms with E-state index in [2.05, 4.69) is 5.32 Å². The van der Waals surface area contributed by atoms with Crippen LogP contribution in [0.25, 0.3) is 0 Å². The Balaban J connectivity index is 1.82. The molecule has 0 heterocycles. The molecule has 0 spiro atoms. The number of carbonyl (C=O) groups excluding carboxylic acids is 2. The Labute approximate surface area is 284 Å². The van der Waals surface area contributed by atoms with E-state index in [0.717, 1.165) is 47.5 Å². The van der Waals surface area contributed by atoms with Crippen LogP contribution in [0.5, 0.6) is 23.0 Å². The highest BCUT2D eigenvalue weighted by molar-refractivity contribution is 7.92. The van der Waals surface area contributed by atoms with Gasteiger partial charge in [-0.3, -0.25) is 13.9 Å². The molecule has 3 aromatic rings. The molecule has 1 atom stereocenters. The summed E-state index contributed by atoms with van der Waals surface area (Å²) >= 11 is 0. The smallest absolute Gasteiger partial charge is 0.265 e. The Morgan fingerprint density at radius 1 is 0.854 bits per heavy atom. The van der Waals surface area contributed by atoms with Gasteiger partial charge in [0.2, 0.25) is 11.8 Å². The number of nitrogens with one attached hydrogen (secondary N) is 1. The molecule has 4 rings (SSSR count). The summed E-state index contributed by atoms with van der Waals surface area (Å²) in [6.07, 6.45) is 5.33. The summed E-state index contributed by atoms with van der Waals surface area (Å²) < 4.78 is 51.9. The number of benzene rings is 3. The highest BCUT2D eigenvalue weighted by Gasteiger charge is 2.36. The third kappa shape index (κ3) is 8.33. The number of carbonyl (C=O) groups is 2. The quantitative estimate of drug-likeness (QED) is 0.224. The van der Waals surface area contributed by atoms with Gasteiger partial charge in [-0.15, -0.1) is 0 Å². The maximum atomic E-state index is 14.6. The Morgan fingerprint density at radius 2 is 1.52 bits per heavy atom. The standard InChI is InChI=1S/C36H47N3O8S/c1-7-30(36(41)37-27-15-9-8-10-16-27)38(23-26-14-12-11-13-25(26)2)35(40)24-39(31-21-28(44-3)17-19-32(31)45-4)48(42,43)29-18-20-33(46-5)34(22-29)47-6/h11-14,17-22,27,30H,7-10,15-16,23-24H2,1-6H3,(H,37,41)/t30-/m0/s1. The fourth-order valence-corrected chi connectivity index (χ4v) is 7.48. The van der Waals surface area contributed by atoms with Crippen LogP contribution in [0.2, 0.25) is 0 Å². The molecule has 1 aliphatic carbocycles. The summed E-state index contributed by atoms with van der Waals surface area (Å²) in [7, 11) is 1.31. The van der Waals surface area contributed by atoms with Crippen molar-refractivity contribution in [2.75, 3.05) is 39.3 Å². The molecule has 12 heteroatoms. The minimum absolute atomic E-state index is 0.0405. The molecule has 2 amide bonds. The third-order valence-corrected chi connectivity index (χ3v) is 10.6. The van der Waals surface area contributed by atoms with E-state index in [1.165, 1.54) is 57.6 Å². The predicted molar refractivity (Wildman–Crippen MR) is 184 cm³/mol. The van der Waals surface area contributed by atoms with Crippen LogP contribution in [-0.4, -0.2) is 72.2 Å². The van der Waals surface area contributed by atoms with Gasteiger partial charge in [0.15, 0.2) is 11.5 Å². The summed E-state index contributed by atoms with van der Waals surface area (Å²) in [5, 5.41) is 3.18. The zero-order valence-electron chi connectivity index (χ0n) is 28.7. The van der Waals surface area contributed by atoms with Gasteiger partial charge in [0.25, 0.3) is 10.0 Å². The monoisotopic (exact) mass is 681 g/mol. The number of hydrogen-bond donors (Lipinski definition) is 1. The fraction of sp³-hybridized carbons (Fsp3) is 0.444. The maximum absolute atomic E-state index is 14.6. The zero-order valence-corrected chi connectivity index (χ0v) is 29.5. The number of rotatable bonds is 15. The number of ether oxygens (including phenoxy) is 4. The Hall–Kier alpha value is -4.45. The van der Waals surface area contributed by atoms with Gasteiger partial charge in [-0.1, -0.05) is 50.5 Å². The van der Waals surface area contributed by atoms with Crippen LogP contribution in [0.15, 0.2) is 65.6 Å². The molecule has 1 saturated carbocycles. The molecule has 0 unspecified atom stereocenters. The van der Waals surface area contributed by atoms with Gasteiger partial charge in [0.1, 0.15) is 24.1 Å². The summed E-state index contributed by atoms with van der Waals surface area (Å²) in [5.74, 6) is 0.310. The molecule has 1 aliphatic rings. The summed E-state index contributed by atoms with van der Waals surface area (Å²) in [4.78, 5) is 29.8. The summed E-state index contributed by atoms with van der Waals surface area (Å²) in [6.45, 7) is 3.28. The first-order valence-electron chi connectivity index (χ1n) is 16.2. The SMILES string of the molecule is CC[C@@H](C(=O)NC1CCCCC1)N(Cc1ccccc1C)C(=O)CN(c1cc(OC)ccc1OC)S(=O)(=O)c1ccc(OC)c(OC)c1. The van der Waals surface area contributed by atoms with Crippen LogP contribution in [0, 0.1) is 6.92 Å². The maximum Gasteiger partial charge on any atom is 0.265 e. The highest BCUT2D eigenvalue weighted by atomic mass is 32.2. The molecule has 0 radical (unpaired) electrons. The second-order valence-electron chi connectivity index (χ2n) is 11.8. The van der Waals surface area contributed by atoms with Crippen LogP contribution < -0.4 is 28.6 Å². The van der Waals surface area contributed by atoms with E-state index in [4.69, 9.17) is 18.9 Å². The molecule has 3 aromatic carbocycles. The predicted octanol–water partition coefficient (Wildman–Crippen LogP) is 5.48. The molecule has 260 valence electrons. The lowest BCUT2D eigenvalue weighted by atomic mass is 9.95. The van der Waals surface area contributed by atoms with E-state index in [0.29, 0.717) is 17.9 Å². The lowest BCUT2D eigenvalue weighted by Gasteiger charge is -2.35. The zero-order chi connectivity index (χ0) is 34.8. The van der Waals surface area contributed by atoms with Crippen molar-refractivity contribution in [2.45, 2.75) is 75.9 Å². The van der Waals surface area contributed by atoms with E-state index in [1.807, 2.05) is 38.1 Å². The first-order chi connectivity index (χ1) is 23.1. The van der Waals surface area contributed by atoms with Crippen molar-refractivity contribution in [3.05, 3.63) is 71.8 Å². The topological polar surface area (TPSA) is 124 Å². The lowest BCUT2D eigenvalue weighted by Crippen LogP contribution is -2.54. The van der Waals surface area contributed by atoms with Gasteiger partial charge in [-0.2, -0.15) is 0 Å². The lowest BCUT2D eigenvalue weighted by molar-refractivity contribution is -0.140. The first-order valence-corrected chi connectivity index (χ1v) is 17.6. The van der Waals surface area contributed by atoms with Gasteiger partial charge >= 0.3 is 0 Å². The highest BCUT2D eigenvalue weighted by Crippen LogP contribution is 2.38. The van der Waals surface area contributed by atoms with E-state index < -0.39 is 28.5 Å². The number of aryl methyl sites for hydroxylation is 1. The average Bonchev–Trinajstić information content (AvgIpc) is 3.10. The number of anilines is 1. The van der Waals surface area contributed by atoms with Crippen LogP contribution in [0.3, 0.4) is 0 Å². The van der Waals surface area contributed by atoms with Crippen LogP contribution in [0.1, 0.15) is 56.6 Å². The number of nitrogens with zero attached hydrogens (tertiary/aromatic N) is 2. The average molecular weight is 682 g/mol. The molecular formula is C36H47N3O8S. The minimum Gasteiger partial charge on any atom is -0.497 e. The first kappa shape index (κ1) is 36.4. The summed E-state index contributed by atoms with van der Waals surface area (Å²) in [5.41, 5.74) is 1.89. The molecular weight excluding hydrogens is 634 g/mol.